The van der Waals surface area contributed by atoms with Gasteiger partial charge in [0.05, 0.1) is 23.2 Å². The lowest BCUT2D eigenvalue weighted by atomic mass is 10.1. The maximum Gasteiger partial charge on any atom is 0.234 e. The molecule has 0 spiro atoms. The van der Waals surface area contributed by atoms with Crippen molar-refractivity contribution in [3.05, 3.63) is 36.4 Å². The summed E-state index contributed by atoms with van der Waals surface area (Å²) in [6, 6.07) is 4.15. The second-order valence-corrected chi connectivity index (χ2v) is 6.52. The van der Waals surface area contributed by atoms with Gasteiger partial charge in [-0.25, -0.2) is 0 Å². The summed E-state index contributed by atoms with van der Waals surface area (Å²) in [5.74, 6) is 0.341. The van der Waals surface area contributed by atoms with Crippen LogP contribution in [0.2, 0.25) is 0 Å². The van der Waals surface area contributed by atoms with Crippen LogP contribution in [0, 0.1) is 6.92 Å². The van der Waals surface area contributed by atoms with E-state index in [1.54, 1.807) is 12.4 Å². The fraction of sp³-hybridized carbons (Fsp3) is 0.438. The van der Waals surface area contributed by atoms with Crippen molar-refractivity contribution in [3.63, 3.8) is 0 Å². The Morgan fingerprint density at radius 3 is 2.87 bits per heavy atom. The molecule has 0 saturated carbocycles. The zero-order valence-corrected chi connectivity index (χ0v) is 13.9. The minimum atomic E-state index is -0.0264. The standard InChI is InChI=1S/C16H20N4O2S/c1-12-15(10-20(19-12)13-4-8-22-9-5-13)18-16(21)11-23-14-2-6-17-7-3-14/h2-3,6-7,10,13H,4-5,8-9,11H2,1H3,(H,18,21). The Kier molecular flexibility index (Phi) is 5.30. The van der Waals surface area contributed by atoms with Crippen molar-refractivity contribution in [2.75, 3.05) is 24.3 Å². The number of anilines is 1. The summed E-state index contributed by atoms with van der Waals surface area (Å²) >= 11 is 1.49. The lowest BCUT2D eigenvalue weighted by Gasteiger charge is -2.22. The monoisotopic (exact) mass is 332 g/mol. The summed E-state index contributed by atoms with van der Waals surface area (Å²) in [5.41, 5.74) is 1.63. The van der Waals surface area contributed by atoms with Crippen LogP contribution in [-0.2, 0) is 9.53 Å². The lowest BCUT2D eigenvalue weighted by molar-refractivity contribution is -0.113. The molecule has 0 unspecified atom stereocenters. The van der Waals surface area contributed by atoms with Gasteiger partial charge in [0.15, 0.2) is 0 Å². The highest BCUT2D eigenvalue weighted by atomic mass is 32.2. The first kappa shape index (κ1) is 16.0. The van der Waals surface area contributed by atoms with Gasteiger partial charge < -0.3 is 10.1 Å². The third kappa shape index (κ3) is 4.33. The Labute approximate surface area is 139 Å². The van der Waals surface area contributed by atoms with Crippen LogP contribution in [-0.4, -0.2) is 39.6 Å². The first-order chi connectivity index (χ1) is 11.2. The molecule has 3 rings (SSSR count). The Morgan fingerprint density at radius 1 is 1.39 bits per heavy atom. The highest BCUT2D eigenvalue weighted by molar-refractivity contribution is 8.00. The molecule has 6 nitrogen and oxygen atoms in total. The van der Waals surface area contributed by atoms with E-state index in [1.165, 1.54) is 11.8 Å². The van der Waals surface area contributed by atoms with Gasteiger partial charge in [-0.15, -0.1) is 11.8 Å². The SMILES string of the molecule is Cc1nn(C2CCOCC2)cc1NC(=O)CSc1ccncc1. The van der Waals surface area contributed by atoms with Gasteiger partial charge in [0, 0.05) is 36.7 Å². The first-order valence-electron chi connectivity index (χ1n) is 7.68. The summed E-state index contributed by atoms with van der Waals surface area (Å²) in [6.45, 7) is 3.46. The highest BCUT2D eigenvalue weighted by Crippen LogP contribution is 2.24. The van der Waals surface area contributed by atoms with Gasteiger partial charge in [0.1, 0.15) is 0 Å². The van der Waals surface area contributed by atoms with Crippen molar-refractivity contribution < 1.29 is 9.53 Å². The maximum atomic E-state index is 12.1. The molecule has 1 aliphatic rings. The van der Waals surface area contributed by atoms with E-state index < -0.39 is 0 Å². The third-order valence-corrected chi connectivity index (χ3v) is 4.79. The molecule has 1 saturated heterocycles. The number of pyridine rings is 1. The van der Waals surface area contributed by atoms with Crippen molar-refractivity contribution in [2.45, 2.75) is 30.7 Å². The van der Waals surface area contributed by atoms with Gasteiger partial charge in [-0.3, -0.25) is 14.5 Å². The number of rotatable bonds is 5. The predicted octanol–water partition coefficient (Wildman–Crippen LogP) is 2.67. The number of aromatic nitrogens is 3. The molecule has 0 aromatic carbocycles. The number of nitrogens with one attached hydrogen (secondary N) is 1. The van der Waals surface area contributed by atoms with Crippen molar-refractivity contribution in [1.29, 1.82) is 0 Å². The second-order valence-electron chi connectivity index (χ2n) is 5.47. The van der Waals surface area contributed by atoms with Crippen LogP contribution in [0.4, 0.5) is 5.69 Å². The van der Waals surface area contributed by atoms with E-state index in [9.17, 15) is 4.79 Å². The number of ether oxygens (including phenoxy) is 1. The Hall–Kier alpha value is -1.86. The van der Waals surface area contributed by atoms with Crippen molar-refractivity contribution >= 4 is 23.4 Å². The van der Waals surface area contributed by atoms with Gasteiger partial charge in [-0.2, -0.15) is 5.10 Å². The molecule has 3 heterocycles. The summed E-state index contributed by atoms with van der Waals surface area (Å²) in [5, 5.41) is 7.49. The molecule has 0 bridgehead atoms. The molecule has 1 aliphatic heterocycles. The van der Waals surface area contributed by atoms with Crippen LogP contribution in [0.1, 0.15) is 24.6 Å². The topological polar surface area (TPSA) is 69.0 Å². The Balaban J connectivity index is 1.56. The van der Waals surface area contributed by atoms with Gasteiger partial charge >= 0.3 is 0 Å². The summed E-state index contributed by atoms with van der Waals surface area (Å²) in [4.78, 5) is 17.1. The van der Waals surface area contributed by atoms with Crippen molar-refractivity contribution in [3.8, 4) is 0 Å². The van der Waals surface area contributed by atoms with Crippen LogP contribution >= 0.6 is 11.8 Å². The van der Waals surface area contributed by atoms with Crippen molar-refractivity contribution in [1.82, 2.24) is 14.8 Å². The predicted molar refractivity (Wildman–Crippen MR) is 89.6 cm³/mol. The summed E-state index contributed by atoms with van der Waals surface area (Å²) in [6.07, 6.45) is 7.31. The molecule has 0 aliphatic carbocycles. The number of aryl methyl sites for hydroxylation is 1. The van der Waals surface area contributed by atoms with Crippen LogP contribution in [0.3, 0.4) is 0 Å². The summed E-state index contributed by atoms with van der Waals surface area (Å²) < 4.78 is 7.34. The number of carbonyl (C=O) groups excluding carboxylic acids is 1. The van der Waals surface area contributed by atoms with Crippen LogP contribution in [0.5, 0.6) is 0 Å². The number of amides is 1. The lowest BCUT2D eigenvalue weighted by Crippen LogP contribution is -2.20. The molecule has 122 valence electrons. The minimum absolute atomic E-state index is 0.0264. The molecular formula is C16H20N4O2S. The van der Waals surface area contributed by atoms with E-state index in [0.29, 0.717) is 11.8 Å². The molecule has 1 amide bonds. The fourth-order valence-corrected chi connectivity index (χ4v) is 3.19. The average Bonchev–Trinajstić information content (AvgIpc) is 2.95. The van der Waals surface area contributed by atoms with E-state index in [-0.39, 0.29) is 5.91 Å². The van der Waals surface area contributed by atoms with Crippen LogP contribution in [0.15, 0.2) is 35.6 Å². The summed E-state index contributed by atoms with van der Waals surface area (Å²) in [7, 11) is 0. The van der Waals surface area contributed by atoms with E-state index in [4.69, 9.17) is 4.74 Å². The molecule has 7 heteroatoms. The van der Waals surface area contributed by atoms with Crippen LogP contribution in [0.25, 0.3) is 0 Å². The molecular weight excluding hydrogens is 312 g/mol. The third-order valence-electron chi connectivity index (χ3n) is 3.78. The second kappa shape index (κ2) is 7.61. The quantitative estimate of drug-likeness (QED) is 0.853. The number of nitrogens with zero attached hydrogens (tertiary/aromatic N) is 3. The molecule has 0 atom stereocenters. The van der Waals surface area contributed by atoms with E-state index >= 15 is 0 Å². The molecule has 23 heavy (non-hydrogen) atoms. The molecule has 2 aromatic rings. The van der Waals surface area contributed by atoms with Crippen LogP contribution < -0.4 is 5.32 Å². The minimum Gasteiger partial charge on any atom is -0.381 e. The highest BCUT2D eigenvalue weighted by Gasteiger charge is 2.18. The Morgan fingerprint density at radius 2 is 2.13 bits per heavy atom. The van der Waals surface area contributed by atoms with Gasteiger partial charge in [-0.05, 0) is 31.9 Å². The molecule has 2 aromatic heterocycles. The first-order valence-corrected chi connectivity index (χ1v) is 8.67. The average molecular weight is 332 g/mol. The number of thioether (sulfide) groups is 1. The number of hydrogen-bond acceptors (Lipinski definition) is 5. The van der Waals surface area contributed by atoms with E-state index in [0.717, 1.165) is 42.3 Å². The van der Waals surface area contributed by atoms with Crippen molar-refractivity contribution in [2.24, 2.45) is 0 Å². The van der Waals surface area contributed by atoms with E-state index in [1.807, 2.05) is 29.9 Å². The molecule has 0 radical (unpaired) electrons. The maximum absolute atomic E-state index is 12.1. The van der Waals surface area contributed by atoms with Gasteiger partial charge in [0.2, 0.25) is 5.91 Å². The van der Waals surface area contributed by atoms with Gasteiger partial charge in [-0.1, -0.05) is 0 Å². The molecule has 1 N–H and O–H groups in total. The largest absolute Gasteiger partial charge is 0.381 e. The Bertz CT molecular complexity index is 653. The number of carbonyl (C=O) groups is 1. The normalized spacial score (nSPS) is 15.5. The number of hydrogen-bond donors (Lipinski definition) is 1. The smallest absolute Gasteiger partial charge is 0.234 e. The van der Waals surface area contributed by atoms with Gasteiger partial charge in [0.25, 0.3) is 0 Å². The molecule has 1 fully saturated rings. The fourth-order valence-electron chi connectivity index (χ4n) is 2.51. The van der Waals surface area contributed by atoms with E-state index in [2.05, 4.69) is 15.4 Å². The zero-order chi connectivity index (χ0) is 16.1. The zero-order valence-electron chi connectivity index (χ0n) is 13.1.